The first-order valence-electron chi connectivity index (χ1n) is 7.20. The minimum Gasteiger partial charge on any atom is -0.465 e. The van der Waals surface area contributed by atoms with Gasteiger partial charge in [-0.05, 0) is 49.5 Å². The molecule has 0 aromatic heterocycles. The number of hydrogen-bond donors (Lipinski definition) is 1. The average molecular weight is 293 g/mol. The van der Waals surface area contributed by atoms with Gasteiger partial charge >= 0.3 is 5.97 Å². The number of carbonyl (C=O) groups is 1. The molecule has 0 spiro atoms. The van der Waals surface area contributed by atoms with Gasteiger partial charge in [0.05, 0.1) is 12.7 Å². The van der Waals surface area contributed by atoms with E-state index < -0.39 is 0 Å². The molecule has 110 valence electrons. The summed E-state index contributed by atoms with van der Waals surface area (Å²) in [6, 6.07) is 7.73. The Bertz CT molecular complexity index is 427. The number of benzene rings is 1. The standard InChI is InChI=1S/C16H23NO2S/c1-12(14-7-9-17-10-8-14)20-11-13-3-5-15(6-4-13)16(18)19-2/h3-6,12,14,17H,7-11H2,1-2H3. The van der Waals surface area contributed by atoms with Crippen molar-refractivity contribution in [3.8, 4) is 0 Å². The summed E-state index contributed by atoms with van der Waals surface area (Å²) < 4.78 is 4.70. The number of methoxy groups -OCH3 is 1. The number of piperidine rings is 1. The van der Waals surface area contributed by atoms with E-state index in [9.17, 15) is 4.79 Å². The van der Waals surface area contributed by atoms with Gasteiger partial charge in [-0.2, -0.15) is 11.8 Å². The number of nitrogens with one attached hydrogen (secondary N) is 1. The van der Waals surface area contributed by atoms with Crippen molar-refractivity contribution in [2.24, 2.45) is 5.92 Å². The lowest BCUT2D eigenvalue weighted by Gasteiger charge is -2.27. The highest BCUT2D eigenvalue weighted by atomic mass is 32.2. The number of esters is 1. The van der Waals surface area contributed by atoms with Crippen LogP contribution in [0.2, 0.25) is 0 Å². The van der Waals surface area contributed by atoms with Crippen LogP contribution in [0.15, 0.2) is 24.3 Å². The third kappa shape index (κ3) is 4.25. The van der Waals surface area contributed by atoms with Gasteiger partial charge < -0.3 is 10.1 Å². The Morgan fingerprint density at radius 1 is 1.35 bits per heavy atom. The van der Waals surface area contributed by atoms with Crippen molar-refractivity contribution in [3.05, 3.63) is 35.4 Å². The normalized spacial score (nSPS) is 17.7. The van der Waals surface area contributed by atoms with E-state index in [-0.39, 0.29) is 5.97 Å². The third-order valence-corrected chi connectivity index (χ3v) is 5.35. The molecule has 1 N–H and O–H groups in total. The largest absolute Gasteiger partial charge is 0.465 e. The van der Waals surface area contributed by atoms with Crippen molar-refractivity contribution in [1.82, 2.24) is 5.32 Å². The Morgan fingerprint density at radius 2 is 2.00 bits per heavy atom. The molecule has 1 saturated heterocycles. The lowest BCUT2D eigenvalue weighted by Crippen LogP contribution is -2.31. The summed E-state index contributed by atoms with van der Waals surface area (Å²) in [5.74, 6) is 1.56. The van der Waals surface area contributed by atoms with Crippen LogP contribution in [0.1, 0.15) is 35.7 Å². The molecule has 1 aliphatic heterocycles. The maximum Gasteiger partial charge on any atom is 0.337 e. The van der Waals surface area contributed by atoms with Crippen LogP contribution in [0.5, 0.6) is 0 Å². The van der Waals surface area contributed by atoms with Crippen LogP contribution in [0.3, 0.4) is 0 Å². The second-order valence-corrected chi connectivity index (χ2v) is 6.66. The third-order valence-electron chi connectivity index (χ3n) is 3.94. The first-order valence-corrected chi connectivity index (χ1v) is 8.25. The SMILES string of the molecule is COC(=O)c1ccc(CSC(C)C2CCNCC2)cc1. The van der Waals surface area contributed by atoms with Crippen LogP contribution in [0.4, 0.5) is 0 Å². The molecule has 0 radical (unpaired) electrons. The number of hydrogen-bond acceptors (Lipinski definition) is 4. The average Bonchev–Trinajstić information content (AvgIpc) is 2.53. The second-order valence-electron chi connectivity index (χ2n) is 5.29. The molecule has 1 atom stereocenters. The van der Waals surface area contributed by atoms with Crippen molar-refractivity contribution >= 4 is 17.7 Å². The molecular weight excluding hydrogens is 270 g/mol. The summed E-state index contributed by atoms with van der Waals surface area (Å²) in [5, 5.41) is 4.10. The van der Waals surface area contributed by atoms with E-state index in [1.54, 1.807) is 0 Å². The summed E-state index contributed by atoms with van der Waals surface area (Å²) in [6.45, 7) is 4.65. The summed E-state index contributed by atoms with van der Waals surface area (Å²) in [6.07, 6.45) is 2.57. The van der Waals surface area contributed by atoms with E-state index in [0.717, 1.165) is 24.8 Å². The predicted molar refractivity (Wildman–Crippen MR) is 84.1 cm³/mol. The zero-order valence-electron chi connectivity index (χ0n) is 12.2. The van der Waals surface area contributed by atoms with Gasteiger partial charge in [0.1, 0.15) is 0 Å². The van der Waals surface area contributed by atoms with Crippen LogP contribution >= 0.6 is 11.8 Å². The Morgan fingerprint density at radius 3 is 2.60 bits per heavy atom. The van der Waals surface area contributed by atoms with Crippen LogP contribution in [0, 0.1) is 5.92 Å². The molecule has 1 aromatic rings. The number of thioether (sulfide) groups is 1. The molecule has 0 aliphatic carbocycles. The van der Waals surface area contributed by atoms with Gasteiger partial charge in [-0.3, -0.25) is 0 Å². The van der Waals surface area contributed by atoms with Crippen LogP contribution in [0.25, 0.3) is 0 Å². The summed E-state index contributed by atoms with van der Waals surface area (Å²) in [5.41, 5.74) is 1.89. The van der Waals surface area contributed by atoms with Gasteiger partial charge in [0.2, 0.25) is 0 Å². The van der Waals surface area contributed by atoms with E-state index in [2.05, 4.69) is 12.2 Å². The number of ether oxygens (including phenoxy) is 1. The van der Waals surface area contributed by atoms with Crippen LogP contribution < -0.4 is 5.32 Å². The molecule has 1 aliphatic rings. The Hall–Kier alpha value is -1.00. The zero-order valence-corrected chi connectivity index (χ0v) is 13.0. The molecule has 1 unspecified atom stereocenters. The fourth-order valence-corrected chi connectivity index (χ4v) is 3.72. The fraction of sp³-hybridized carbons (Fsp3) is 0.562. The minimum absolute atomic E-state index is 0.271. The topological polar surface area (TPSA) is 38.3 Å². The molecule has 1 aromatic carbocycles. The number of rotatable bonds is 5. The molecule has 0 saturated carbocycles. The predicted octanol–water partition coefficient (Wildman–Crippen LogP) is 3.09. The molecule has 0 bridgehead atoms. The summed E-state index contributed by atoms with van der Waals surface area (Å²) in [7, 11) is 1.41. The van der Waals surface area contributed by atoms with E-state index in [1.165, 1.54) is 25.5 Å². The quantitative estimate of drug-likeness (QED) is 0.847. The van der Waals surface area contributed by atoms with Crippen molar-refractivity contribution in [2.45, 2.75) is 30.8 Å². The Labute approximate surface area is 125 Å². The van der Waals surface area contributed by atoms with Gasteiger partial charge in [0, 0.05) is 11.0 Å². The van der Waals surface area contributed by atoms with E-state index >= 15 is 0 Å². The molecular formula is C16H23NO2S. The highest BCUT2D eigenvalue weighted by Gasteiger charge is 2.19. The van der Waals surface area contributed by atoms with Crippen molar-refractivity contribution in [2.75, 3.05) is 20.2 Å². The molecule has 4 heteroatoms. The molecule has 2 rings (SSSR count). The highest BCUT2D eigenvalue weighted by Crippen LogP contribution is 2.28. The zero-order chi connectivity index (χ0) is 14.4. The van der Waals surface area contributed by atoms with E-state index in [0.29, 0.717) is 10.8 Å². The first-order chi connectivity index (χ1) is 9.70. The van der Waals surface area contributed by atoms with Gasteiger partial charge in [-0.15, -0.1) is 0 Å². The Balaban J connectivity index is 1.82. The van der Waals surface area contributed by atoms with Gasteiger partial charge in [0.25, 0.3) is 0 Å². The maximum absolute atomic E-state index is 11.4. The highest BCUT2D eigenvalue weighted by molar-refractivity contribution is 7.99. The second kappa shape index (κ2) is 7.70. The van der Waals surface area contributed by atoms with Gasteiger partial charge in [0.15, 0.2) is 0 Å². The van der Waals surface area contributed by atoms with E-state index in [1.807, 2.05) is 36.0 Å². The maximum atomic E-state index is 11.4. The van der Waals surface area contributed by atoms with E-state index in [4.69, 9.17) is 4.74 Å². The minimum atomic E-state index is -0.271. The molecule has 1 fully saturated rings. The van der Waals surface area contributed by atoms with Crippen LogP contribution in [-0.2, 0) is 10.5 Å². The van der Waals surface area contributed by atoms with Crippen LogP contribution in [-0.4, -0.2) is 31.4 Å². The lowest BCUT2D eigenvalue weighted by atomic mass is 9.95. The summed E-state index contributed by atoms with van der Waals surface area (Å²) in [4.78, 5) is 11.4. The number of carbonyl (C=O) groups excluding carboxylic acids is 1. The lowest BCUT2D eigenvalue weighted by molar-refractivity contribution is 0.0600. The van der Waals surface area contributed by atoms with Crippen molar-refractivity contribution in [1.29, 1.82) is 0 Å². The molecule has 20 heavy (non-hydrogen) atoms. The smallest absolute Gasteiger partial charge is 0.337 e. The Kier molecular flexibility index (Phi) is 5.92. The molecule has 1 heterocycles. The molecule has 3 nitrogen and oxygen atoms in total. The van der Waals surface area contributed by atoms with Crippen molar-refractivity contribution in [3.63, 3.8) is 0 Å². The fourth-order valence-electron chi connectivity index (χ4n) is 2.53. The first kappa shape index (κ1) is 15.4. The molecule has 0 amide bonds. The van der Waals surface area contributed by atoms with Gasteiger partial charge in [-0.1, -0.05) is 19.1 Å². The van der Waals surface area contributed by atoms with Gasteiger partial charge in [-0.25, -0.2) is 4.79 Å². The summed E-state index contributed by atoms with van der Waals surface area (Å²) >= 11 is 2.01. The monoisotopic (exact) mass is 293 g/mol. The van der Waals surface area contributed by atoms with Crippen molar-refractivity contribution < 1.29 is 9.53 Å².